The van der Waals surface area contributed by atoms with E-state index in [-0.39, 0.29) is 24.8 Å². The molecule has 0 radical (unpaired) electrons. The highest BCUT2D eigenvalue weighted by Crippen LogP contribution is 2.34. The van der Waals surface area contributed by atoms with Gasteiger partial charge in [0.25, 0.3) is 0 Å². The standard InChI is InChI=1S/C31H35Cl2N6O4S/c1-34-44(41,42)18-22-12-10-21(11-13-22)17-38(2)30-24-14-15-39(31(24)36-19-35-30)20-43-28(40)16-23-6-3-4-9-27(23)37-29-25(32)7-5-8-26(29)33/h3-9,14-15,17,19,21-22,34,37H,10-13,16,18,20H2,1-2H3/q+1/b38-17-. The summed E-state index contributed by atoms with van der Waals surface area (Å²) in [4.78, 5) is 21.9. The summed E-state index contributed by atoms with van der Waals surface area (Å²) < 4.78 is 35.7. The number of anilines is 2. The van der Waals surface area contributed by atoms with Gasteiger partial charge in [0, 0.05) is 17.8 Å². The van der Waals surface area contributed by atoms with Crippen molar-refractivity contribution in [3.05, 3.63) is 76.7 Å². The Morgan fingerprint density at radius 2 is 1.80 bits per heavy atom. The topological polar surface area (TPSA) is 118 Å². The van der Waals surface area contributed by atoms with E-state index in [9.17, 15) is 13.2 Å². The van der Waals surface area contributed by atoms with Crippen molar-refractivity contribution in [2.45, 2.75) is 38.8 Å². The zero-order chi connectivity index (χ0) is 31.3. The average Bonchev–Trinajstić information content (AvgIpc) is 3.43. The van der Waals surface area contributed by atoms with Gasteiger partial charge in [-0.1, -0.05) is 47.5 Å². The number of hydrogen-bond acceptors (Lipinski definition) is 7. The van der Waals surface area contributed by atoms with Crippen molar-refractivity contribution >= 4 is 73.6 Å². The SMILES string of the molecule is CNS(=O)(=O)CC1CCC(/C=[N+](/C)c2ncnc3c2ccn3COC(=O)Cc2ccccc2Nc2c(Cl)cccc2Cl)CC1. The second kappa shape index (κ2) is 14.1. The molecule has 232 valence electrons. The molecule has 1 aliphatic carbocycles. The van der Waals surface area contributed by atoms with Crippen LogP contribution in [-0.4, -0.2) is 59.6 Å². The molecule has 0 aliphatic heterocycles. The Morgan fingerprint density at radius 1 is 1.07 bits per heavy atom. The van der Waals surface area contributed by atoms with E-state index in [1.54, 1.807) is 22.8 Å². The van der Waals surface area contributed by atoms with Gasteiger partial charge < -0.3 is 10.1 Å². The number of benzene rings is 2. The van der Waals surface area contributed by atoms with Crippen molar-refractivity contribution in [2.24, 2.45) is 11.8 Å². The summed E-state index contributed by atoms with van der Waals surface area (Å²) in [6.07, 6.45) is 9.10. The molecule has 4 aromatic rings. The van der Waals surface area contributed by atoms with Crippen LogP contribution in [0.4, 0.5) is 17.2 Å². The lowest BCUT2D eigenvalue weighted by Gasteiger charge is -2.25. The first-order valence-corrected chi connectivity index (χ1v) is 16.8. The lowest BCUT2D eigenvalue weighted by Crippen LogP contribution is -2.29. The number of nitrogens with zero attached hydrogens (tertiary/aromatic N) is 4. The largest absolute Gasteiger partial charge is 0.444 e. The van der Waals surface area contributed by atoms with Gasteiger partial charge in [0.15, 0.2) is 12.4 Å². The number of esters is 1. The van der Waals surface area contributed by atoms with E-state index < -0.39 is 16.0 Å². The Hall–Kier alpha value is -3.51. The molecule has 2 N–H and O–H groups in total. The van der Waals surface area contributed by atoms with Crippen LogP contribution < -0.4 is 10.0 Å². The van der Waals surface area contributed by atoms with Crippen LogP contribution in [0, 0.1) is 11.8 Å². The van der Waals surface area contributed by atoms with Crippen LogP contribution in [0.1, 0.15) is 31.2 Å². The van der Waals surface area contributed by atoms with Crippen LogP contribution in [0.2, 0.25) is 10.0 Å². The van der Waals surface area contributed by atoms with Gasteiger partial charge >= 0.3 is 11.8 Å². The van der Waals surface area contributed by atoms with Crippen molar-refractivity contribution in [1.82, 2.24) is 19.3 Å². The number of carbonyl (C=O) groups excluding carboxylic acids is 1. The van der Waals surface area contributed by atoms with Crippen LogP contribution in [0.25, 0.3) is 11.0 Å². The predicted molar refractivity (Wildman–Crippen MR) is 174 cm³/mol. The third-order valence-corrected chi connectivity index (χ3v) is 10.1. The first kappa shape index (κ1) is 31.9. The molecule has 44 heavy (non-hydrogen) atoms. The number of fused-ring (bicyclic) bond motifs is 1. The van der Waals surface area contributed by atoms with Gasteiger partial charge in [-0.15, -0.1) is 0 Å². The second-order valence-corrected chi connectivity index (χ2v) is 13.7. The fourth-order valence-corrected chi connectivity index (χ4v) is 7.17. The molecule has 2 aromatic carbocycles. The average molecular weight is 659 g/mol. The molecule has 0 unspecified atom stereocenters. The number of ether oxygens (including phenoxy) is 1. The smallest absolute Gasteiger partial charge is 0.335 e. The monoisotopic (exact) mass is 657 g/mol. The minimum Gasteiger partial charge on any atom is -0.444 e. The van der Waals surface area contributed by atoms with Crippen LogP contribution in [0.5, 0.6) is 0 Å². The van der Waals surface area contributed by atoms with Crippen LogP contribution >= 0.6 is 23.2 Å². The number of nitrogens with one attached hydrogen (secondary N) is 2. The van der Waals surface area contributed by atoms with Crippen LogP contribution in [-0.2, 0) is 32.7 Å². The number of carbonyl (C=O) groups is 1. The van der Waals surface area contributed by atoms with E-state index in [0.717, 1.165) is 42.5 Å². The van der Waals surface area contributed by atoms with Gasteiger partial charge in [0.2, 0.25) is 16.4 Å². The summed E-state index contributed by atoms with van der Waals surface area (Å²) in [5, 5.41) is 5.03. The van der Waals surface area contributed by atoms with E-state index in [4.69, 9.17) is 27.9 Å². The molecule has 0 atom stereocenters. The highest BCUT2D eigenvalue weighted by molar-refractivity contribution is 7.89. The van der Waals surface area contributed by atoms with E-state index in [1.807, 2.05) is 48.2 Å². The molecule has 2 aromatic heterocycles. The maximum atomic E-state index is 12.9. The molecule has 1 saturated carbocycles. The summed E-state index contributed by atoms with van der Waals surface area (Å²) in [7, 11) is 0.217. The fraction of sp³-hybridized carbons (Fsp3) is 0.355. The molecule has 0 spiro atoms. The van der Waals surface area contributed by atoms with Gasteiger partial charge in [0.1, 0.15) is 5.39 Å². The summed E-state index contributed by atoms with van der Waals surface area (Å²) in [6, 6.07) is 14.6. The highest BCUT2D eigenvalue weighted by Gasteiger charge is 2.26. The van der Waals surface area contributed by atoms with Crippen molar-refractivity contribution in [1.29, 1.82) is 0 Å². The maximum Gasteiger partial charge on any atom is 0.335 e. The zero-order valence-electron chi connectivity index (χ0n) is 24.5. The normalized spacial score (nSPS) is 17.5. The first-order valence-electron chi connectivity index (χ1n) is 14.4. The fourth-order valence-electron chi connectivity index (χ4n) is 5.56. The molecule has 0 amide bonds. The molecule has 13 heteroatoms. The quantitative estimate of drug-likeness (QED) is 0.117. The van der Waals surface area contributed by atoms with Crippen LogP contribution in [0.15, 0.2) is 61.1 Å². The molecule has 1 aliphatic rings. The summed E-state index contributed by atoms with van der Waals surface area (Å²) in [6.45, 7) is -0.00229. The Balaban J connectivity index is 1.22. The molecule has 5 rings (SSSR count). The number of aromatic nitrogens is 3. The molecule has 1 fully saturated rings. The minimum atomic E-state index is -3.20. The lowest BCUT2D eigenvalue weighted by molar-refractivity contribution is -0.405. The molecule has 10 nitrogen and oxygen atoms in total. The molecule has 2 heterocycles. The Morgan fingerprint density at radius 3 is 2.52 bits per heavy atom. The summed E-state index contributed by atoms with van der Waals surface area (Å²) in [5.74, 6) is 1.03. The lowest BCUT2D eigenvalue weighted by atomic mass is 9.83. The summed E-state index contributed by atoms with van der Waals surface area (Å²) in [5.41, 5.74) is 2.67. The molecular weight excluding hydrogens is 623 g/mol. The van der Waals surface area contributed by atoms with Gasteiger partial charge in [-0.25, -0.2) is 17.7 Å². The number of halogens is 2. The third kappa shape index (κ3) is 7.76. The predicted octanol–water partition coefficient (Wildman–Crippen LogP) is 5.93. The number of rotatable bonds is 11. The second-order valence-electron chi connectivity index (χ2n) is 10.9. The summed E-state index contributed by atoms with van der Waals surface area (Å²) >= 11 is 12.6. The van der Waals surface area contributed by atoms with Gasteiger partial charge in [-0.2, -0.15) is 4.98 Å². The maximum absolute atomic E-state index is 12.9. The van der Waals surface area contributed by atoms with E-state index in [0.29, 0.717) is 33.0 Å². The van der Waals surface area contributed by atoms with Gasteiger partial charge in [-0.3, -0.25) is 9.36 Å². The molecule has 0 saturated heterocycles. The Bertz CT molecular complexity index is 1760. The van der Waals surface area contributed by atoms with E-state index >= 15 is 0 Å². The van der Waals surface area contributed by atoms with Gasteiger partial charge in [-0.05, 0) is 73.5 Å². The van der Waals surface area contributed by atoms with Crippen molar-refractivity contribution in [3.63, 3.8) is 0 Å². The number of para-hydroxylation sites is 2. The van der Waals surface area contributed by atoms with Gasteiger partial charge in [0.05, 0.1) is 41.2 Å². The number of hydrogen-bond donors (Lipinski definition) is 2. The van der Waals surface area contributed by atoms with Crippen LogP contribution in [0.3, 0.4) is 0 Å². The van der Waals surface area contributed by atoms with Crippen molar-refractivity contribution < 1.29 is 22.5 Å². The molecular formula is C31H35Cl2N6O4S+. The first-order chi connectivity index (χ1) is 21.1. The third-order valence-electron chi connectivity index (χ3n) is 7.90. The highest BCUT2D eigenvalue weighted by atomic mass is 35.5. The van der Waals surface area contributed by atoms with E-state index in [2.05, 4.69) is 26.2 Å². The number of sulfonamides is 1. The Labute approximate surface area is 267 Å². The van der Waals surface area contributed by atoms with Crippen molar-refractivity contribution in [3.8, 4) is 0 Å². The molecule has 0 bridgehead atoms. The van der Waals surface area contributed by atoms with Crippen molar-refractivity contribution in [2.75, 3.05) is 25.2 Å². The Kier molecular flexibility index (Phi) is 10.2. The minimum absolute atomic E-state index is 0.00229. The zero-order valence-corrected chi connectivity index (χ0v) is 26.9. The van der Waals surface area contributed by atoms with E-state index in [1.165, 1.54) is 13.4 Å².